The number of hydrogen-bond donors (Lipinski definition) is 1. The lowest BCUT2D eigenvalue weighted by atomic mass is 9.93. The quantitative estimate of drug-likeness (QED) is 0.763. The van der Waals surface area contributed by atoms with E-state index in [1.165, 1.54) is 18.4 Å². The van der Waals surface area contributed by atoms with Crippen molar-refractivity contribution in [1.82, 2.24) is 5.32 Å². The summed E-state index contributed by atoms with van der Waals surface area (Å²) in [6, 6.07) is 8.54. The second-order valence-corrected chi connectivity index (χ2v) is 5.17. The van der Waals surface area contributed by atoms with Crippen molar-refractivity contribution in [2.24, 2.45) is 5.92 Å². The van der Waals surface area contributed by atoms with Gasteiger partial charge in [0.2, 0.25) is 0 Å². The average molecular weight is 233 g/mol. The molecule has 2 rings (SSSR count). The average Bonchev–Trinajstić information content (AvgIpc) is 3.02. The minimum absolute atomic E-state index is 0.351. The minimum atomic E-state index is 0.351. The number of benzene rings is 1. The van der Waals surface area contributed by atoms with E-state index in [1.54, 1.807) is 7.11 Å². The van der Waals surface area contributed by atoms with E-state index in [1.807, 2.05) is 6.07 Å². The number of hydrogen-bond acceptors (Lipinski definition) is 2. The van der Waals surface area contributed by atoms with Crippen molar-refractivity contribution >= 4 is 0 Å². The molecule has 2 heteroatoms. The fraction of sp³-hybridized carbons (Fsp3) is 0.600. The Kier molecular flexibility index (Phi) is 3.72. The van der Waals surface area contributed by atoms with Gasteiger partial charge in [-0.25, -0.2) is 0 Å². The summed E-state index contributed by atoms with van der Waals surface area (Å²) in [5.74, 6) is 1.75. The van der Waals surface area contributed by atoms with Crippen LogP contribution in [0.4, 0.5) is 0 Å². The number of rotatable bonds is 6. The Labute approximate surface area is 104 Å². The van der Waals surface area contributed by atoms with Crippen molar-refractivity contribution in [1.29, 1.82) is 0 Å². The number of nitrogens with one attached hydrogen (secondary N) is 1. The van der Waals surface area contributed by atoms with Gasteiger partial charge in [0.15, 0.2) is 0 Å². The molecule has 2 unspecified atom stereocenters. The summed E-state index contributed by atoms with van der Waals surface area (Å²) < 4.78 is 5.32. The van der Waals surface area contributed by atoms with E-state index < -0.39 is 0 Å². The molecule has 2 atom stereocenters. The summed E-state index contributed by atoms with van der Waals surface area (Å²) >= 11 is 0. The SMILES string of the molecule is CCCNCC1(c2cccc(OC)c2)CC1C. The van der Waals surface area contributed by atoms with Crippen LogP contribution in [-0.4, -0.2) is 20.2 Å². The lowest BCUT2D eigenvalue weighted by Crippen LogP contribution is -2.28. The van der Waals surface area contributed by atoms with E-state index >= 15 is 0 Å². The predicted octanol–water partition coefficient (Wildman–Crippen LogP) is 2.97. The molecule has 1 aromatic rings. The van der Waals surface area contributed by atoms with Gasteiger partial charge in [-0.15, -0.1) is 0 Å². The Hall–Kier alpha value is -1.02. The van der Waals surface area contributed by atoms with Gasteiger partial charge in [-0.3, -0.25) is 0 Å². The van der Waals surface area contributed by atoms with Gasteiger partial charge in [-0.1, -0.05) is 26.0 Å². The highest BCUT2D eigenvalue weighted by molar-refractivity contribution is 5.39. The molecule has 1 fully saturated rings. The predicted molar refractivity (Wildman–Crippen MR) is 71.6 cm³/mol. The Morgan fingerprint density at radius 2 is 2.24 bits per heavy atom. The van der Waals surface area contributed by atoms with Crippen LogP contribution >= 0.6 is 0 Å². The Morgan fingerprint density at radius 1 is 1.47 bits per heavy atom. The molecule has 0 spiro atoms. The van der Waals surface area contributed by atoms with E-state index in [0.717, 1.165) is 24.8 Å². The maximum atomic E-state index is 5.32. The highest BCUT2D eigenvalue weighted by Gasteiger charge is 2.51. The summed E-state index contributed by atoms with van der Waals surface area (Å²) in [6.45, 7) is 6.75. The van der Waals surface area contributed by atoms with Crippen LogP contribution in [0.2, 0.25) is 0 Å². The molecule has 0 radical (unpaired) electrons. The summed E-state index contributed by atoms with van der Waals surface area (Å²) in [5, 5.41) is 3.56. The molecule has 1 aliphatic carbocycles. The van der Waals surface area contributed by atoms with Crippen molar-refractivity contribution in [2.75, 3.05) is 20.2 Å². The first-order valence-electron chi connectivity index (χ1n) is 6.58. The summed E-state index contributed by atoms with van der Waals surface area (Å²) in [6.07, 6.45) is 2.49. The molecule has 1 saturated carbocycles. The standard InChI is InChI=1S/C15H23NO/c1-4-8-16-11-15(10-12(15)2)13-6-5-7-14(9-13)17-3/h5-7,9,12,16H,4,8,10-11H2,1-3H3. The third kappa shape index (κ3) is 2.47. The molecule has 0 aliphatic heterocycles. The zero-order valence-electron chi connectivity index (χ0n) is 11.1. The van der Waals surface area contributed by atoms with Crippen LogP contribution in [0.1, 0.15) is 32.3 Å². The van der Waals surface area contributed by atoms with Crippen LogP contribution in [0.15, 0.2) is 24.3 Å². The second kappa shape index (κ2) is 5.09. The third-order valence-corrected chi connectivity index (χ3v) is 3.97. The van der Waals surface area contributed by atoms with Crippen LogP contribution in [0, 0.1) is 5.92 Å². The van der Waals surface area contributed by atoms with Gasteiger partial charge in [-0.2, -0.15) is 0 Å². The molecule has 94 valence electrons. The molecule has 1 N–H and O–H groups in total. The number of ether oxygens (including phenoxy) is 1. The topological polar surface area (TPSA) is 21.3 Å². The van der Waals surface area contributed by atoms with Crippen LogP contribution in [0.3, 0.4) is 0 Å². The van der Waals surface area contributed by atoms with Crippen molar-refractivity contribution in [2.45, 2.75) is 32.1 Å². The van der Waals surface area contributed by atoms with Crippen molar-refractivity contribution in [3.63, 3.8) is 0 Å². The summed E-state index contributed by atoms with van der Waals surface area (Å²) in [5.41, 5.74) is 1.77. The zero-order valence-corrected chi connectivity index (χ0v) is 11.1. The second-order valence-electron chi connectivity index (χ2n) is 5.17. The van der Waals surface area contributed by atoms with Crippen LogP contribution in [0.5, 0.6) is 5.75 Å². The smallest absolute Gasteiger partial charge is 0.119 e. The minimum Gasteiger partial charge on any atom is -0.497 e. The van der Waals surface area contributed by atoms with Crippen molar-refractivity contribution in [3.8, 4) is 5.75 Å². The van der Waals surface area contributed by atoms with E-state index in [0.29, 0.717) is 5.41 Å². The first-order chi connectivity index (χ1) is 8.23. The Bertz CT molecular complexity index is 377. The zero-order chi connectivity index (χ0) is 12.3. The molecule has 1 aliphatic rings. The largest absolute Gasteiger partial charge is 0.497 e. The maximum absolute atomic E-state index is 5.32. The molecule has 0 heterocycles. The lowest BCUT2D eigenvalue weighted by molar-refractivity contribution is 0.413. The van der Waals surface area contributed by atoms with Gasteiger partial charge < -0.3 is 10.1 Å². The highest BCUT2D eigenvalue weighted by atomic mass is 16.5. The molecular weight excluding hydrogens is 210 g/mol. The lowest BCUT2D eigenvalue weighted by Gasteiger charge is -2.18. The van der Waals surface area contributed by atoms with E-state index in [4.69, 9.17) is 4.74 Å². The van der Waals surface area contributed by atoms with Gasteiger partial charge in [0.25, 0.3) is 0 Å². The highest BCUT2D eigenvalue weighted by Crippen LogP contribution is 2.53. The fourth-order valence-corrected chi connectivity index (χ4v) is 2.66. The summed E-state index contributed by atoms with van der Waals surface area (Å²) in [4.78, 5) is 0. The van der Waals surface area contributed by atoms with Gasteiger partial charge in [-0.05, 0) is 43.0 Å². The first-order valence-corrected chi connectivity index (χ1v) is 6.58. The van der Waals surface area contributed by atoms with Crippen molar-refractivity contribution < 1.29 is 4.74 Å². The first kappa shape index (κ1) is 12.4. The molecule has 17 heavy (non-hydrogen) atoms. The third-order valence-electron chi connectivity index (χ3n) is 3.97. The van der Waals surface area contributed by atoms with Crippen LogP contribution in [-0.2, 0) is 5.41 Å². The number of methoxy groups -OCH3 is 1. The van der Waals surface area contributed by atoms with E-state index in [-0.39, 0.29) is 0 Å². The van der Waals surface area contributed by atoms with Gasteiger partial charge in [0.05, 0.1) is 7.11 Å². The van der Waals surface area contributed by atoms with Gasteiger partial charge >= 0.3 is 0 Å². The molecular formula is C15H23NO. The van der Waals surface area contributed by atoms with Crippen molar-refractivity contribution in [3.05, 3.63) is 29.8 Å². The normalized spacial score (nSPS) is 26.9. The van der Waals surface area contributed by atoms with Gasteiger partial charge in [0.1, 0.15) is 5.75 Å². The summed E-state index contributed by atoms with van der Waals surface area (Å²) in [7, 11) is 1.73. The van der Waals surface area contributed by atoms with Crippen LogP contribution in [0.25, 0.3) is 0 Å². The molecule has 0 aromatic heterocycles. The maximum Gasteiger partial charge on any atom is 0.119 e. The monoisotopic (exact) mass is 233 g/mol. The van der Waals surface area contributed by atoms with E-state index in [2.05, 4.69) is 37.4 Å². The molecule has 1 aromatic carbocycles. The molecule has 0 amide bonds. The fourth-order valence-electron chi connectivity index (χ4n) is 2.66. The molecule has 2 nitrogen and oxygen atoms in total. The van der Waals surface area contributed by atoms with Gasteiger partial charge in [0, 0.05) is 12.0 Å². The van der Waals surface area contributed by atoms with Crippen LogP contribution < -0.4 is 10.1 Å². The van der Waals surface area contributed by atoms with E-state index in [9.17, 15) is 0 Å². The molecule has 0 saturated heterocycles. The molecule has 0 bridgehead atoms. The Balaban J connectivity index is 2.11. The Morgan fingerprint density at radius 3 is 2.82 bits per heavy atom.